The molecule has 2 aromatic heterocycles. The summed E-state index contributed by atoms with van der Waals surface area (Å²) in [5.74, 6) is -1.37. The number of aryl methyl sites for hydroxylation is 3. The predicted octanol–water partition coefficient (Wildman–Crippen LogP) is 4.60. The number of aromatic amines is 1. The Bertz CT molecular complexity index is 1110. The fourth-order valence-electron chi connectivity index (χ4n) is 4.53. The lowest BCUT2D eigenvalue weighted by atomic mass is 9.95. The first-order chi connectivity index (χ1) is 16.1. The predicted molar refractivity (Wildman–Crippen MR) is 127 cm³/mol. The third-order valence-corrected chi connectivity index (χ3v) is 6.47. The number of carbonyl (C=O) groups excluding carboxylic acids is 1. The molecule has 0 aliphatic heterocycles. The van der Waals surface area contributed by atoms with Gasteiger partial charge in [0.25, 0.3) is 5.91 Å². The van der Waals surface area contributed by atoms with E-state index in [0.717, 1.165) is 55.8 Å². The summed E-state index contributed by atoms with van der Waals surface area (Å²) in [4.78, 5) is 29.0. The van der Waals surface area contributed by atoms with E-state index < -0.39 is 12.0 Å². The fraction of sp³-hybridized carbons (Fsp3) is 0.462. The van der Waals surface area contributed by atoms with E-state index in [1.165, 1.54) is 36.2 Å². The number of fused-ring (bicyclic) bond motifs is 2. The minimum absolute atomic E-state index is 0.372. The molecule has 1 aromatic carbocycles. The van der Waals surface area contributed by atoms with Crippen LogP contribution < -0.4 is 5.32 Å². The number of nitrogens with one attached hydrogen (secondary N) is 2. The molecule has 7 nitrogen and oxygen atoms in total. The lowest BCUT2D eigenvalue weighted by molar-refractivity contribution is -0.139. The molecule has 0 spiro atoms. The first-order valence-corrected chi connectivity index (χ1v) is 12.0. The van der Waals surface area contributed by atoms with E-state index >= 15 is 0 Å². The van der Waals surface area contributed by atoms with Crippen LogP contribution in [0.3, 0.4) is 0 Å². The third-order valence-electron chi connectivity index (χ3n) is 6.47. The zero-order valence-corrected chi connectivity index (χ0v) is 19.0. The molecule has 0 bridgehead atoms. The van der Waals surface area contributed by atoms with Gasteiger partial charge in [0.15, 0.2) is 0 Å². The minimum Gasteiger partial charge on any atom is -0.480 e. The maximum absolute atomic E-state index is 12.5. The first kappa shape index (κ1) is 23.0. The summed E-state index contributed by atoms with van der Waals surface area (Å²) in [5, 5.41) is 19.8. The molecule has 0 fully saturated rings. The lowest BCUT2D eigenvalue weighted by Crippen LogP contribution is -2.40. The Kier molecular flexibility index (Phi) is 7.70. The summed E-state index contributed by atoms with van der Waals surface area (Å²) in [6.07, 6.45) is 12.9. The van der Waals surface area contributed by atoms with Gasteiger partial charge in [0.05, 0.1) is 11.7 Å². The van der Waals surface area contributed by atoms with E-state index in [0.29, 0.717) is 12.0 Å². The van der Waals surface area contributed by atoms with Crippen molar-refractivity contribution in [3.8, 4) is 0 Å². The van der Waals surface area contributed by atoms with E-state index in [-0.39, 0.29) is 5.91 Å². The van der Waals surface area contributed by atoms with Crippen molar-refractivity contribution in [2.24, 2.45) is 0 Å². The van der Waals surface area contributed by atoms with E-state index in [1.807, 2.05) is 0 Å². The Balaban J connectivity index is 1.15. The second-order valence-corrected chi connectivity index (χ2v) is 8.96. The number of aromatic nitrogens is 3. The quantitative estimate of drug-likeness (QED) is 0.372. The highest BCUT2D eigenvalue weighted by molar-refractivity contribution is 5.99. The highest BCUT2D eigenvalue weighted by Gasteiger charge is 2.20. The van der Waals surface area contributed by atoms with Crippen LogP contribution in [0.5, 0.6) is 0 Å². The van der Waals surface area contributed by atoms with E-state index in [4.69, 9.17) is 4.98 Å². The average Bonchev–Trinajstić information content (AvgIpc) is 3.30. The second kappa shape index (κ2) is 11.1. The van der Waals surface area contributed by atoms with Crippen LogP contribution in [0.15, 0.2) is 36.5 Å². The molecule has 1 amide bonds. The zero-order valence-electron chi connectivity index (χ0n) is 19.0. The van der Waals surface area contributed by atoms with Crippen molar-refractivity contribution in [3.63, 3.8) is 0 Å². The maximum Gasteiger partial charge on any atom is 0.326 e. The van der Waals surface area contributed by atoms with Crippen LogP contribution in [0.25, 0.3) is 10.9 Å². The van der Waals surface area contributed by atoms with Gasteiger partial charge in [0.2, 0.25) is 0 Å². The Morgan fingerprint density at radius 2 is 1.85 bits per heavy atom. The summed E-state index contributed by atoms with van der Waals surface area (Å²) in [5.41, 5.74) is 5.19. The molecule has 1 aliphatic carbocycles. The first-order valence-electron chi connectivity index (χ1n) is 12.0. The molecule has 1 aliphatic rings. The molecule has 4 rings (SSSR count). The summed E-state index contributed by atoms with van der Waals surface area (Å²) in [6.45, 7) is 0. The zero-order chi connectivity index (χ0) is 23.0. The van der Waals surface area contributed by atoms with Gasteiger partial charge in [-0.15, -0.1) is 0 Å². The number of H-pyrrole nitrogens is 1. The van der Waals surface area contributed by atoms with Crippen LogP contribution in [-0.2, 0) is 24.1 Å². The van der Waals surface area contributed by atoms with Gasteiger partial charge in [-0.2, -0.15) is 5.10 Å². The van der Waals surface area contributed by atoms with Crippen LogP contribution in [-0.4, -0.2) is 38.2 Å². The second-order valence-electron chi connectivity index (χ2n) is 8.96. The summed E-state index contributed by atoms with van der Waals surface area (Å²) in [6, 6.07) is 8.71. The van der Waals surface area contributed by atoms with Gasteiger partial charge >= 0.3 is 5.97 Å². The van der Waals surface area contributed by atoms with Crippen LogP contribution in [0.2, 0.25) is 0 Å². The largest absolute Gasteiger partial charge is 0.480 e. The molecule has 1 atom stereocenters. The number of benzene rings is 1. The number of carbonyl (C=O) groups is 2. The third kappa shape index (κ3) is 6.18. The normalized spacial score (nSPS) is 14.1. The molecule has 3 aromatic rings. The topological polar surface area (TPSA) is 108 Å². The number of nitrogens with zero attached hydrogens (tertiary/aromatic N) is 2. The summed E-state index contributed by atoms with van der Waals surface area (Å²) < 4.78 is 0. The van der Waals surface area contributed by atoms with Crippen LogP contribution in [0.1, 0.15) is 78.7 Å². The SMILES string of the molecule is O=C(N[C@@H](CCCCCCCc1ccc2c(n1)CCCC2)C(=O)O)c1ccc2[nH]ncc2c1. The molecule has 3 N–H and O–H groups in total. The summed E-state index contributed by atoms with van der Waals surface area (Å²) in [7, 11) is 0. The van der Waals surface area contributed by atoms with Crippen molar-refractivity contribution in [1.29, 1.82) is 0 Å². The summed E-state index contributed by atoms with van der Waals surface area (Å²) >= 11 is 0. The van der Waals surface area contributed by atoms with Crippen LogP contribution >= 0.6 is 0 Å². The molecule has 0 saturated carbocycles. The molecule has 0 saturated heterocycles. The number of amides is 1. The van der Waals surface area contributed by atoms with Crippen LogP contribution in [0, 0.1) is 0 Å². The van der Waals surface area contributed by atoms with Crippen molar-refractivity contribution in [3.05, 3.63) is 59.0 Å². The fourth-order valence-corrected chi connectivity index (χ4v) is 4.53. The maximum atomic E-state index is 12.5. The molecule has 0 unspecified atom stereocenters. The van der Waals surface area contributed by atoms with Gasteiger partial charge < -0.3 is 10.4 Å². The molecule has 174 valence electrons. The highest BCUT2D eigenvalue weighted by atomic mass is 16.4. The van der Waals surface area contributed by atoms with Crippen molar-refractivity contribution >= 4 is 22.8 Å². The smallest absolute Gasteiger partial charge is 0.326 e. The number of hydrogen-bond donors (Lipinski definition) is 3. The number of carboxylic acids is 1. The molecule has 0 radical (unpaired) electrons. The Morgan fingerprint density at radius 3 is 2.73 bits per heavy atom. The van der Waals surface area contributed by atoms with Crippen LogP contribution in [0.4, 0.5) is 0 Å². The standard InChI is InChI=1S/C26H32N4O3/c31-25(19-13-15-23-20(16-19)17-27-30-23)29-24(26(32)33)11-5-3-1-2-4-9-21-14-12-18-8-6-7-10-22(18)28-21/h12-17,24H,1-11H2,(H,27,30)(H,29,31)(H,32,33)/t24-/m0/s1. The number of pyridine rings is 1. The Labute approximate surface area is 194 Å². The number of hydrogen-bond acceptors (Lipinski definition) is 4. The van der Waals surface area contributed by atoms with Gasteiger partial charge in [-0.3, -0.25) is 14.9 Å². The van der Waals surface area contributed by atoms with Crippen molar-refractivity contribution < 1.29 is 14.7 Å². The molecule has 33 heavy (non-hydrogen) atoms. The number of rotatable bonds is 11. The van der Waals surface area contributed by atoms with E-state index in [1.54, 1.807) is 24.4 Å². The molecular formula is C26H32N4O3. The number of unbranched alkanes of at least 4 members (excludes halogenated alkanes) is 4. The van der Waals surface area contributed by atoms with E-state index in [9.17, 15) is 14.7 Å². The number of carboxylic acid groups (broad SMARTS) is 1. The van der Waals surface area contributed by atoms with Gasteiger partial charge in [-0.1, -0.05) is 31.7 Å². The van der Waals surface area contributed by atoms with Gasteiger partial charge in [0, 0.05) is 22.3 Å². The molecule has 7 heteroatoms. The Hall–Kier alpha value is -3.22. The van der Waals surface area contributed by atoms with Crippen molar-refractivity contribution in [1.82, 2.24) is 20.5 Å². The molecule has 2 heterocycles. The minimum atomic E-state index is -0.994. The van der Waals surface area contributed by atoms with Gasteiger partial charge in [-0.25, -0.2) is 4.79 Å². The lowest BCUT2D eigenvalue weighted by Gasteiger charge is -2.15. The average molecular weight is 449 g/mol. The Morgan fingerprint density at radius 1 is 1.03 bits per heavy atom. The number of aliphatic carboxylic acids is 1. The monoisotopic (exact) mass is 448 g/mol. The van der Waals surface area contributed by atoms with Crippen molar-refractivity contribution in [2.75, 3.05) is 0 Å². The van der Waals surface area contributed by atoms with Crippen molar-refractivity contribution in [2.45, 2.75) is 76.7 Å². The van der Waals surface area contributed by atoms with Gasteiger partial charge in [0.1, 0.15) is 6.04 Å². The van der Waals surface area contributed by atoms with E-state index in [2.05, 4.69) is 27.6 Å². The molecular weight excluding hydrogens is 416 g/mol. The van der Waals surface area contributed by atoms with Gasteiger partial charge in [-0.05, 0) is 74.8 Å². The highest BCUT2D eigenvalue weighted by Crippen LogP contribution is 2.20.